The van der Waals surface area contributed by atoms with Gasteiger partial charge in [0.1, 0.15) is 11.0 Å². The summed E-state index contributed by atoms with van der Waals surface area (Å²) in [6.45, 7) is 4.98. The second-order valence-electron chi connectivity index (χ2n) is 5.74. The number of carbonyl (C=O) groups excluding carboxylic acids is 1. The third kappa shape index (κ3) is 3.80. The molecule has 1 aliphatic rings. The lowest BCUT2D eigenvalue weighted by molar-refractivity contribution is -0.176. The molecular weight excluding hydrogens is 250 g/mol. The van der Waals surface area contributed by atoms with Crippen LogP contribution in [0.25, 0.3) is 0 Å². The van der Waals surface area contributed by atoms with E-state index in [-0.39, 0.29) is 12.3 Å². The predicted molar refractivity (Wildman–Crippen MR) is 62.3 cm³/mol. The summed E-state index contributed by atoms with van der Waals surface area (Å²) in [4.78, 5) is 11.9. The SMILES string of the molecule is CC(C)(C)OC(=O)C(CCl)(CC1CC1)C(F)F. The van der Waals surface area contributed by atoms with Crippen molar-refractivity contribution < 1.29 is 18.3 Å². The van der Waals surface area contributed by atoms with Gasteiger partial charge < -0.3 is 4.74 Å². The maximum Gasteiger partial charge on any atom is 0.319 e. The van der Waals surface area contributed by atoms with E-state index in [0.717, 1.165) is 12.8 Å². The Kier molecular flexibility index (Phi) is 4.39. The molecule has 0 heterocycles. The Morgan fingerprint density at radius 3 is 2.24 bits per heavy atom. The largest absolute Gasteiger partial charge is 0.459 e. The second kappa shape index (κ2) is 5.09. The van der Waals surface area contributed by atoms with Crippen LogP contribution in [0.5, 0.6) is 0 Å². The summed E-state index contributed by atoms with van der Waals surface area (Å²) in [5.74, 6) is -1.08. The summed E-state index contributed by atoms with van der Waals surface area (Å²) in [6.07, 6.45) is -0.860. The van der Waals surface area contributed by atoms with Crippen LogP contribution in [0.2, 0.25) is 0 Å². The molecule has 1 atom stereocenters. The summed E-state index contributed by atoms with van der Waals surface area (Å²) < 4.78 is 31.4. The van der Waals surface area contributed by atoms with Crippen molar-refractivity contribution >= 4 is 17.6 Å². The molecule has 1 fully saturated rings. The zero-order valence-electron chi connectivity index (χ0n) is 10.4. The Morgan fingerprint density at radius 1 is 1.41 bits per heavy atom. The van der Waals surface area contributed by atoms with Crippen LogP contribution < -0.4 is 0 Å². The molecule has 0 aromatic rings. The standard InChI is InChI=1S/C12H19ClF2O2/c1-11(2,3)17-10(16)12(7-13,9(14)15)6-8-4-5-8/h8-9H,4-7H2,1-3H3. The van der Waals surface area contributed by atoms with Gasteiger partial charge >= 0.3 is 5.97 Å². The normalized spacial score (nSPS) is 20.2. The van der Waals surface area contributed by atoms with Crippen molar-refractivity contribution in [2.24, 2.45) is 11.3 Å². The van der Waals surface area contributed by atoms with E-state index in [1.165, 1.54) is 0 Å². The molecule has 100 valence electrons. The summed E-state index contributed by atoms with van der Waals surface area (Å²) >= 11 is 5.63. The Bertz CT molecular complexity index is 285. The zero-order valence-corrected chi connectivity index (χ0v) is 11.2. The van der Waals surface area contributed by atoms with Crippen molar-refractivity contribution in [3.05, 3.63) is 0 Å². The Morgan fingerprint density at radius 2 is 1.94 bits per heavy atom. The highest BCUT2D eigenvalue weighted by atomic mass is 35.5. The van der Waals surface area contributed by atoms with Gasteiger partial charge in [0.2, 0.25) is 0 Å². The quantitative estimate of drug-likeness (QED) is 0.562. The van der Waals surface area contributed by atoms with E-state index in [1.54, 1.807) is 20.8 Å². The predicted octanol–water partition coefficient (Wildman–Crippen LogP) is 3.62. The van der Waals surface area contributed by atoms with Gasteiger partial charge in [-0.1, -0.05) is 12.8 Å². The maximum atomic E-state index is 13.2. The molecule has 2 nitrogen and oxygen atoms in total. The molecule has 0 aliphatic heterocycles. The Balaban J connectivity index is 2.83. The number of hydrogen-bond acceptors (Lipinski definition) is 2. The van der Waals surface area contributed by atoms with Crippen molar-refractivity contribution in [2.75, 3.05) is 5.88 Å². The van der Waals surface area contributed by atoms with Crippen LogP contribution in [-0.2, 0) is 9.53 Å². The van der Waals surface area contributed by atoms with Crippen LogP contribution in [0.15, 0.2) is 0 Å². The molecule has 0 saturated heterocycles. The molecule has 1 aliphatic carbocycles. The fourth-order valence-corrected chi connectivity index (χ4v) is 1.98. The van der Waals surface area contributed by atoms with E-state index in [2.05, 4.69) is 0 Å². The van der Waals surface area contributed by atoms with Crippen molar-refractivity contribution in [1.82, 2.24) is 0 Å². The molecule has 0 spiro atoms. The first-order chi connectivity index (χ1) is 7.71. The van der Waals surface area contributed by atoms with Crippen LogP contribution in [-0.4, -0.2) is 23.9 Å². The van der Waals surface area contributed by atoms with E-state index in [4.69, 9.17) is 16.3 Å². The van der Waals surface area contributed by atoms with Gasteiger partial charge in [-0.2, -0.15) is 0 Å². The van der Waals surface area contributed by atoms with Gasteiger partial charge in [-0.05, 0) is 33.1 Å². The first kappa shape index (κ1) is 14.7. The summed E-state index contributed by atoms with van der Waals surface area (Å²) in [7, 11) is 0. The van der Waals surface area contributed by atoms with Gasteiger partial charge in [-0.3, -0.25) is 4.79 Å². The fraction of sp³-hybridized carbons (Fsp3) is 0.917. The molecule has 1 rings (SSSR count). The lowest BCUT2D eigenvalue weighted by Gasteiger charge is -2.32. The molecule has 5 heteroatoms. The fourth-order valence-electron chi connectivity index (χ4n) is 1.65. The minimum absolute atomic E-state index is 0.128. The van der Waals surface area contributed by atoms with Gasteiger partial charge in [0.15, 0.2) is 0 Å². The number of carbonyl (C=O) groups is 1. The monoisotopic (exact) mass is 268 g/mol. The van der Waals surface area contributed by atoms with Crippen molar-refractivity contribution in [2.45, 2.75) is 52.1 Å². The highest BCUT2D eigenvalue weighted by Gasteiger charge is 2.51. The van der Waals surface area contributed by atoms with Gasteiger partial charge in [-0.15, -0.1) is 11.6 Å². The maximum absolute atomic E-state index is 13.2. The lowest BCUT2D eigenvalue weighted by Crippen LogP contribution is -2.44. The number of alkyl halides is 3. The number of ether oxygens (including phenoxy) is 1. The highest BCUT2D eigenvalue weighted by molar-refractivity contribution is 6.19. The van der Waals surface area contributed by atoms with Crippen molar-refractivity contribution in [3.63, 3.8) is 0 Å². The Hall–Kier alpha value is -0.380. The number of rotatable bonds is 5. The molecule has 1 saturated carbocycles. The van der Waals surface area contributed by atoms with Crippen molar-refractivity contribution in [1.29, 1.82) is 0 Å². The number of halogens is 3. The first-order valence-electron chi connectivity index (χ1n) is 5.79. The average molecular weight is 269 g/mol. The molecule has 0 aromatic carbocycles. The third-order valence-electron chi connectivity index (χ3n) is 2.81. The van der Waals surface area contributed by atoms with Crippen LogP contribution in [0.4, 0.5) is 8.78 Å². The van der Waals surface area contributed by atoms with E-state index in [9.17, 15) is 13.6 Å². The number of esters is 1. The van der Waals surface area contributed by atoms with Gasteiger partial charge in [0.05, 0.1) is 0 Å². The number of hydrogen-bond donors (Lipinski definition) is 0. The molecule has 0 radical (unpaired) electrons. The minimum atomic E-state index is -2.78. The van der Waals surface area contributed by atoms with Crippen LogP contribution in [0, 0.1) is 11.3 Å². The first-order valence-corrected chi connectivity index (χ1v) is 6.32. The third-order valence-corrected chi connectivity index (χ3v) is 3.29. The topological polar surface area (TPSA) is 26.3 Å². The smallest absolute Gasteiger partial charge is 0.319 e. The van der Waals surface area contributed by atoms with Gasteiger partial charge in [0, 0.05) is 5.88 Å². The van der Waals surface area contributed by atoms with Crippen LogP contribution in [0.1, 0.15) is 40.0 Å². The van der Waals surface area contributed by atoms with Crippen molar-refractivity contribution in [3.8, 4) is 0 Å². The second-order valence-corrected chi connectivity index (χ2v) is 6.01. The molecular formula is C12H19ClF2O2. The molecule has 0 bridgehead atoms. The molecule has 0 amide bonds. The summed E-state index contributed by atoms with van der Waals surface area (Å²) in [5, 5.41) is 0. The zero-order chi connectivity index (χ0) is 13.3. The summed E-state index contributed by atoms with van der Waals surface area (Å²) in [5.41, 5.74) is -2.61. The molecule has 0 aromatic heterocycles. The lowest BCUT2D eigenvalue weighted by atomic mass is 9.84. The van der Waals surface area contributed by atoms with E-state index < -0.39 is 29.3 Å². The van der Waals surface area contributed by atoms with Crippen LogP contribution in [0.3, 0.4) is 0 Å². The van der Waals surface area contributed by atoms with Gasteiger partial charge in [0.25, 0.3) is 6.43 Å². The average Bonchev–Trinajstić information content (AvgIpc) is 2.94. The highest BCUT2D eigenvalue weighted by Crippen LogP contribution is 2.45. The van der Waals surface area contributed by atoms with E-state index >= 15 is 0 Å². The Labute approximate surface area is 106 Å². The summed E-state index contributed by atoms with van der Waals surface area (Å²) in [6, 6.07) is 0. The van der Waals surface area contributed by atoms with Crippen LogP contribution >= 0.6 is 11.6 Å². The molecule has 17 heavy (non-hydrogen) atoms. The molecule has 1 unspecified atom stereocenters. The van der Waals surface area contributed by atoms with E-state index in [0.29, 0.717) is 0 Å². The minimum Gasteiger partial charge on any atom is -0.459 e. The molecule has 0 N–H and O–H groups in total. The van der Waals surface area contributed by atoms with Gasteiger partial charge in [-0.25, -0.2) is 8.78 Å². The van der Waals surface area contributed by atoms with E-state index in [1.807, 2.05) is 0 Å².